The van der Waals surface area contributed by atoms with Crippen LogP contribution in [-0.2, 0) is 4.74 Å². The fraction of sp³-hybridized carbons (Fsp3) is 0.0714. The number of benzene rings is 2. The van der Waals surface area contributed by atoms with E-state index in [2.05, 4.69) is 6.58 Å². The summed E-state index contributed by atoms with van der Waals surface area (Å²) < 4.78 is 5.01. The maximum Gasteiger partial charge on any atom is 0.343 e. The number of carbonyl (C=O) groups is 1. The molecule has 0 saturated carbocycles. The van der Waals surface area contributed by atoms with Crippen molar-refractivity contribution in [3.8, 4) is 0 Å². The van der Waals surface area contributed by atoms with Gasteiger partial charge in [0.2, 0.25) is 0 Å². The Morgan fingerprint density at radius 3 is 2.47 bits per heavy atom. The second kappa shape index (κ2) is 5.72. The standard InChI is InChI=1S/C14H12O2.Li/c1-10(2)16-14(15)13-9-5-7-11-6-3-4-8-12(11)13;/h3-9H,1H2,2H3;. The van der Waals surface area contributed by atoms with Crippen molar-refractivity contribution < 1.29 is 9.53 Å². The molecule has 0 bridgehead atoms. The molecule has 3 heteroatoms. The predicted octanol–water partition coefficient (Wildman–Crippen LogP) is 3.15. The zero-order chi connectivity index (χ0) is 11.5. The van der Waals surface area contributed by atoms with Crippen molar-refractivity contribution in [1.29, 1.82) is 0 Å². The third-order valence-corrected chi connectivity index (χ3v) is 2.28. The van der Waals surface area contributed by atoms with E-state index < -0.39 is 0 Å². The normalized spacial score (nSPS) is 9.47. The van der Waals surface area contributed by atoms with Crippen molar-refractivity contribution in [3.05, 3.63) is 60.4 Å². The molecule has 0 aromatic heterocycles. The summed E-state index contributed by atoms with van der Waals surface area (Å²) in [7, 11) is 0. The van der Waals surface area contributed by atoms with Gasteiger partial charge >= 0.3 is 5.97 Å². The van der Waals surface area contributed by atoms with Gasteiger partial charge in [-0.15, -0.1) is 0 Å². The van der Waals surface area contributed by atoms with Crippen LogP contribution in [0, 0.1) is 0 Å². The summed E-state index contributed by atoms with van der Waals surface area (Å²) in [6.07, 6.45) is 0. The minimum Gasteiger partial charge on any atom is -0.428 e. The smallest absolute Gasteiger partial charge is 0.343 e. The molecule has 0 saturated heterocycles. The van der Waals surface area contributed by atoms with Gasteiger partial charge in [-0.3, -0.25) is 0 Å². The summed E-state index contributed by atoms with van der Waals surface area (Å²) in [6, 6.07) is 13.3. The number of hydrogen-bond acceptors (Lipinski definition) is 2. The Labute approximate surface area is 112 Å². The van der Waals surface area contributed by atoms with Crippen LogP contribution in [0.1, 0.15) is 17.3 Å². The number of esters is 1. The van der Waals surface area contributed by atoms with Gasteiger partial charge in [0.25, 0.3) is 0 Å². The molecule has 2 nitrogen and oxygen atoms in total. The van der Waals surface area contributed by atoms with Crippen molar-refractivity contribution in [2.45, 2.75) is 6.92 Å². The summed E-state index contributed by atoms with van der Waals surface area (Å²) in [5.41, 5.74) is 0.570. The number of ether oxygens (including phenoxy) is 1. The molecule has 0 heterocycles. The molecule has 0 N–H and O–H groups in total. The van der Waals surface area contributed by atoms with Gasteiger partial charge < -0.3 is 4.74 Å². The van der Waals surface area contributed by atoms with Crippen LogP contribution in [0.5, 0.6) is 0 Å². The molecule has 2 rings (SSSR count). The van der Waals surface area contributed by atoms with E-state index in [0.29, 0.717) is 11.3 Å². The zero-order valence-corrected chi connectivity index (χ0v) is 10.1. The summed E-state index contributed by atoms with van der Waals surface area (Å²) >= 11 is 0. The number of allylic oxidation sites excluding steroid dienone is 1. The van der Waals surface area contributed by atoms with Gasteiger partial charge in [0.15, 0.2) is 0 Å². The molecule has 0 fully saturated rings. The Kier molecular flexibility index (Phi) is 4.57. The fourth-order valence-electron chi connectivity index (χ4n) is 1.62. The molecule has 81 valence electrons. The van der Waals surface area contributed by atoms with E-state index >= 15 is 0 Å². The maximum atomic E-state index is 11.8. The van der Waals surface area contributed by atoms with Gasteiger partial charge in [-0.2, -0.15) is 0 Å². The molecule has 0 spiro atoms. The van der Waals surface area contributed by atoms with Crippen LogP contribution in [0.15, 0.2) is 54.8 Å². The number of rotatable bonds is 2. The van der Waals surface area contributed by atoms with E-state index in [4.69, 9.17) is 4.74 Å². The minimum absolute atomic E-state index is 0. The van der Waals surface area contributed by atoms with Crippen molar-refractivity contribution in [2.75, 3.05) is 0 Å². The summed E-state index contributed by atoms with van der Waals surface area (Å²) in [5.74, 6) is 0.0437. The second-order valence-electron chi connectivity index (χ2n) is 3.62. The second-order valence-corrected chi connectivity index (χ2v) is 3.62. The summed E-state index contributed by atoms with van der Waals surface area (Å²) in [5, 5.41) is 1.93. The van der Waals surface area contributed by atoms with E-state index in [-0.39, 0.29) is 24.8 Å². The van der Waals surface area contributed by atoms with Crippen LogP contribution >= 0.6 is 0 Å². The Morgan fingerprint density at radius 1 is 1.12 bits per heavy atom. The van der Waals surface area contributed by atoms with Crippen molar-refractivity contribution in [3.63, 3.8) is 0 Å². The average Bonchev–Trinajstić information content (AvgIpc) is 2.27. The predicted molar refractivity (Wildman–Crippen MR) is 69.9 cm³/mol. The SMILES string of the molecule is C=C(C)OC(=O)c1cccc2ccccc12.[Li]. The molecule has 17 heavy (non-hydrogen) atoms. The first-order chi connectivity index (χ1) is 7.68. The molecule has 0 atom stereocenters. The summed E-state index contributed by atoms with van der Waals surface area (Å²) in [4.78, 5) is 11.8. The van der Waals surface area contributed by atoms with Crippen LogP contribution in [0.4, 0.5) is 0 Å². The minimum atomic E-state index is -0.357. The van der Waals surface area contributed by atoms with Gasteiger partial charge in [0.05, 0.1) is 11.3 Å². The quantitative estimate of drug-likeness (QED) is 0.440. The van der Waals surface area contributed by atoms with Gasteiger partial charge in [-0.05, 0) is 23.8 Å². The monoisotopic (exact) mass is 219 g/mol. The van der Waals surface area contributed by atoms with Crippen LogP contribution in [0.2, 0.25) is 0 Å². The largest absolute Gasteiger partial charge is 0.428 e. The number of hydrogen-bond donors (Lipinski definition) is 0. The topological polar surface area (TPSA) is 26.3 Å². The molecular weight excluding hydrogens is 207 g/mol. The third-order valence-electron chi connectivity index (χ3n) is 2.28. The molecule has 0 amide bonds. The van der Waals surface area contributed by atoms with E-state index in [1.165, 1.54) is 0 Å². The Bertz CT molecular complexity index is 556. The molecule has 1 radical (unpaired) electrons. The molecule has 2 aromatic carbocycles. The van der Waals surface area contributed by atoms with Crippen LogP contribution in [0.3, 0.4) is 0 Å². The van der Waals surface area contributed by atoms with Crippen LogP contribution in [-0.4, -0.2) is 24.8 Å². The van der Waals surface area contributed by atoms with E-state index in [1.54, 1.807) is 13.0 Å². The summed E-state index contributed by atoms with van der Waals surface area (Å²) in [6.45, 7) is 5.21. The first-order valence-electron chi connectivity index (χ1n) is 5.04. The molecular formula is C14H12LiO2. The fourth-order valence-corrected chi connectivity index (χ4v) is 1.62. The van der Waals surface area contributed by atoms with E-state index in [1.807, 2.05) is 36.4 Å². The number of carbonyl (C=O) groups excluding carboxylic acids is 1. The van der Waals surface area contributed by atoms with Gasteiger partial charge in [0, 0.05) is 18.9 Å². The molecule has 0 aliphatic rings. The average molecular weight is 219 g/mol. The first-order valence-corrected chi connectivity index (χ1v) is 5.04. The molecule has 0 unspecified atom stereocenters. The number of fused-ring (bicyclic) bond motifs is 1. The Morgan fingerprint density at radius 2 is 1.76 bits per heavy atom. The van der Waals surface area contributed by atoms with Crippen molar-refractivity contribution >= 4 is 35.6 Å². The van der Waals surface area contributed by atoms with Gasteiger partial charge in [-0.1, -0.05) is 43.0 Å². The Balaban J connectivity index is 0.00000144. The molecule has 2 aromatic rings. The van der Waals surface area contributed by atoms with Crippen molar-refractivity contribution in [1.82, 2.24) is 0 Å². The molecule has 0 aliphatic heterocycles. The Hall–Kier alpha value is -1.49. The van der Waals surface area contributed by atoms with Crippen molar-refractivity contribution in [2.24, 2.45) is 0 Å². The zero-order valence-electron chi connectivity index (χ0n) is 10.1. The first kappa shape index (κ1) is 13.6. The van der Waals surface area contributed by atoms with Gasteiger partial charge in [-0.25, -0.2) is 4.79 Å². The van der Waals surface area contributed by atoms with E-state index in [0.717, 1.165) is 10.8 Å². The molecule has 0 aliphatic carbocycles. The van der Waals surface area contributed by atoms with E-state index in [9.17, 15) is 4.79 Å². The maximum absolute atomic E-state index is 11.8. The van der Waals surface area contributed by atoms with Gasteiger partial charge in [0.1, 0.15) is 0 Å². The third kappa shape index (κ3) is 3.00. The van der Waals surface area contributed by atoms with Crippen LogP contribution in [0.25, 0.3) is 10.8 Å². The van der Waals surface area contributed by atoms with Crippen LogP contribution < -0.4 is 0 Å².